The Morgan fingerprint density at radius 1 is 1.39 bits per heavy atom. The third-order valence-corrected chi connectivity index (χ3v) is 5.23. The molecule has 2 aliphatic heterocycles. The van der Waals surface area contributed by atoms with Gasteiger partial charge in [0.05, 0.1) is 10.9 Å². The van der Waals surface area contributed by atoms with Crippen LogP contribution in [0.15, 0.2) is 53.5 Å². The van der Waals surface area contributed by atoms with Crippen molar-refractivity contribution in [3.8, 4) is 0 Å². The summed E-state index contributed by atoms with van der Waals surface area (Å²) in [6.07, 6.45) is 2.96. The summed E-state index contributed by atoms with van der Waals surface area (Å²) in [6, 6.07) is 7.66. The van der Waals surface area contributed by atoms with Crippen molar-refractivity contribution in [1.82, 2.24) is 4.98 Å². The lowest BCUT2D eigenvalue weighted by Crippen LogP contribution is -2.41. The van der Waals surface area contributed by atoms with Gasteiger partial charge < -0.3 is 15.2 Å². The summed E-state index contributed by atoms with van der Waals surface area (Å²) in [7, 11) is 0. The predicted molar refractivity (Wildman–Crippen MR) is 101 cm³/mol. The molecule has 1 unspecified atom stereocenters. The number of nitrogens with zero attached hydrogens (tertiary/aromatic N) is 2. The number of ether oxygens (including phenoxy) is 2. The molecule has 0 saturated heterocycles. The lowest BCUT2D eigenvalue weighted by atomic mass is 9.78. The van der Waals surface area contributed by atoms with Crippen LogP contribution in [0.4, 0.5) is 4.39 Å². The molecule has 2 atom stereocenters. The van der Waals surface area contributed by atoms with Crippen LogP contribution < -0.4 is 5.73 Å². The zero-order valence-electron chi connectivity index (χ0n) is 15.0. The van der Waals surface area contributed by atoms with Crippen LogP contribution in [-0.4, -0.2) is 23.4 Å². The van der Waals surface area contributed by atoms with Crippen molar-refractivity contribution < 1.29 is 18.7 Å². The van der Waals surface area contributed by atoms with E-state index >= 15 is 0 Å². The van der Waals surface area contributed by atoms with Gasteiger partial charge in [-0.05, 0) is 36.8 Å². The molecule has 3 heterocycles. The summed E-state index contributed by atoms with van der Waals surface area (Å²) in [5, 5.41) is 0.450. The number of nitrogens with two attached hydrogens (primary N) is 1. The van der Waals surface area contributed by atoms with Gasteiger partial charge in [-0.2, -0.15) is 0 Å². The van der Waals surface area contributed by atoms with Crippen LogP contribution in [0.2, 0.25) is 5.02 Å². The normalized spacial score (nSPS) is 23.2. The standard InChI is InChI=1S/C20H17ClFN3O3/c1-20(14-9-27-10-18(14)28-19(23)25-20)13-6-11(2-4-15(13)22)7-17(26)16-5-3-12(21)8-24-16/h2-6,8,10,14H,7,9H2,1H3,(H2,23,25)/t14?,20-/m1/s1. The van der Waals surface area contributed by atoms with Gasteiger partial charge in [0.2, 0.25) is 0 Å². The first kappa shape index (κ1) is 18.4. The highest BCUT2D eigenvalue weighted by molar-refractivity contribution is 6.30. The third-order valence-electron chi connectivity index (χ3n) is 5.00. The fourth-order valence-corrected chi connectivity index (χ4v) is 3.62. The van der Waals surface area contributed by atoms with E-state index in [9.17, 15) is 9.18 Å². The van der Waals surface area contributed by atoms with Crippen LogP contribution in [0, 0.1) is 11.7 Å². The van der Waals surface area contributed by atoms with E-state index in [-0.39, 0.29) is 24.1 Å². The summed E-state index contributed by atoms with van der Waals surface area (Å²) in [6.45, 7) is 2.08. The molecule has 0 saturated carbocycles. The van der Waals surface area contributed by atoms with Crippen molar-refractivity contribution in [3.05, 3.63) is 76.2 Å². The Balaban J connectivity index is 1.67. The summed E-state index contributed by atoms with van der Waals surface area (Å²) in [4.78, 5) is 20.9. The monoisotopic (exact) mass is 401 g/mol. The molecule has 0 radical (unpaired) electrons. The highest BCUT2D eigenvalue weighted by Crippen LogP contribution is 2.44. The zero-order valence-corrected chi connectivity index (χ0v) is 15.7. The molecular formula is C20H17ClFN3O3. The molecule has 0 amide bonds. The van der Waals surface area contributed by atoms with E-state index in [0.717, 1.165) is 0 Å². The van der Waals surface area contributed by atoms with Crippen LogP contribution in [0.25, 0.3) is 0 Å². The number of aliphatic imine (C=N–C) groups is 1. The van der Waals surface area contributed by atoms with Gasteiger partial charge in [0.25, 0.3) is 6.02 Å². The highest BCUT2D eigenvalue weighted by Gasteiger charge is 2.47. The molecule has 8 heteroatoms. The molecule has 0 fully saturated rings. The van der Waals surface area contributed by atoms with E-state index in [4.69, 9.17) is 26.8 Å². The summed E-state index contributed by atoms with van der Waals surface area (Å²) >= 11 is 5.81. The molecule has 28 heavy (non-hydrogen) atoms. The van der Waals surface area contributed by atoms with E-state index < -0.39 is 11.4 Å². The van der Waals surface area contributed by atoms with Crippen molar-refractivity contribution in [3.63, 3.8) is 0 Å². The van der Waals surface area contributed by atoms with E-state index in [2.05, 4.69) is 9.98 Å². The van der Waals surface area contributed by atoms with Gasteiger partial charge in [-0.1, -0.05) is 17.7 Å². The third kappa shape index (κ3) is 3.22. The molecule has 2 aromatic rings. The van der Waals surface area contributed by atoms with Crippen LogP contribution in [0.3, 0.4) is 0 Å². The molecule has 0 spiro atoms. The van der Waals surface area contributed by atoms with Crippen molar-refractivity contribution in [2.45, 2.75) is 18.9 Å². The lowest BCUT2D eigenvalue weighted by Gasteiger charge is -2.36. The first-order valence-electron chi connectivity index (χ1n) is 8.65. The maximum absolute atomic E-state index is 14.8. The van der Waals surface area contributed by atoms with Gasteiger partial charge in [-0.25, -0.2) is 9.38 Å². The van der Waals surface area contributed by atoms with Gasteiger partial charge in [0.15, 0.2) is 11.5 Å². The number of aromatic nitrogens is 1. The number of benzene rings is 1. The van der Waals surface area contributed by atoms with E-state index in [1.165, 1.54) is 18.5 Å². The number of rotatable bonds is 4. The average Bonchev–Trinajstić information content (AvgIpc) is 3.13. The molecule has 0 aliphatic carbocycles. The second-order valence-corrected chi connectivity index (χ2v) is 7.32. The van der Waals surface area contributed by atoms with Crippen LogP contribution >= 0.6 is 11.6 Å². The molecule has 144 valence electrons. The number of fused-ring (bicyclic) bond motifs is 1. The Kier molecular flexibility index (Phi) is 4.55. The van der Waals surface area contributed by atoms with Gasteiger partial charge in [0.1, 0.15) is 29.9 Å². The molecule has 2 N–H and O–H groups in total. The number of amidine groups is 1. The molecular weight excluding hydrogens is 385 g/mol. The van der Waals surface area contributed by atoms with Gasteiger partial charge in [-0.3, -0.25) is 9.78 Å². The minimum absolute atomic E-state index is 0.0539. The number of hydrogen-bond acceptors (Lipinski definition) is 6. The lowest BCUT2D eigenvalue weighted by molar-refractivity contribution is 0.0988. The molecule has 1 aromatic heterocycles. The number of ketones is 1. The summed E-state index contributed by atoms with van der Waals surface area (Å²) < 4.78 is 25.5. The molecule has 4 rings (SSSR count). The topological polar surface area (TPSA) is 86.8 Å². The Hall–Kier alpha value is -2.93. The van der Waals surface area contributed by atoms with Crippen LogP contribution in [0.1, 0.15) is 28.5 Å². The van der Waals surface area contributed by atoms with Crippen LogP contribution in [-0.2, 0) is 21.4 Å². The number of hydrogen-bond donors (Lipinski definition) is 1. The maximum Gasteiger partial charge on any atom is 0.288 e. The largest absolute Gasteiger partial charge is 0.497 e. The second-order valence-electron chi connectivity index (χ2n) is 6.88. The summed E-state index contributed by atoms with van der Waals surface area (Å²) in [5.41, 5.74) is 6.06. The fraction of sp³-hybridized carbons (Fsp3) is 0.250. The van der Waals surface area contributed by atoms with Crippen molar-refractivity contribution in [1.29, 1.82) is 0 Å². The fourth-order valence-electron chi connectivity index (χ4n) is 3.51. The number of carbonyl (C=O) groups excluding carboxylic acids is 1. The molecule has 6 nitrogen and oxygen atoms in total. The number of carbonyl (C=O) groups is 1. The maximum atomic E-state index is 14.8. The Bertz CT molecular complexity index is 1010. The minimum atomic E-state index is -1.01. The second kappa shape index (κ2) is 6.91. The molecule has 1 aromatic carbocycles. The van der Waals surface area contributed by atoms with Crippen molar-refractivity contribution in [2.24, 2.45) is 16.6 Å². The Morgan fingerprint density at radius 3 is 2.96 bits per heavy atom. The first-order valence-corrected chi connectivity index (χ1v) is 9.03. The van der Waals surface area contributed by atoms with E-state index in [0.29, 0.717) is 34.2 Å². The van der Waals surface area contributed by atoms with Gasteiger partial charge >= 0.3 is 0 Å². The molecule has 2 aliphatic rings. The Morgan fingerprint density at radius 2 is 2.21 bits per heavy atom. The SMILES string of the molecule is C[C@]1(c2cc(CC(=O)c3ccc(Cl)cn3)ccc2F)N=C(N)OC2=COCC21. The number of Topliss-reactive ketones (excluding diaryl/α,β-unsaturated/α-hetero) is 1. The van der Waals surface area contributed by atoms with Gasteiger partial charge in [0, 0.05) is 18.2 Å². The minimum Gasteiger partial charge on any atom is -0.497 e. The van der Waals surface area contributed by atoms with Crippen molar-refractivity contribution >= 4 is 23.4 Å². The smallest absolute Gasteiger partial charge is 0.288 e. The van der Waals surface area contributed by atoms with E-state index in [1.54, 1.807) is 31.2 Å². The number of pyridine rings is 1. The van der Waals surface area contributed by atoms with Crippen molar-refractivity contribution in [2.75, 3.05) is 6.61 Å². The van der Waals surface area contributed by atoms with Gasteiger partial charge in [-0.15, -0.1) is 0 Å². The Labute approximate surface area is 165 Å². The first-order chi connectivity index (χ1) is 13.4. The average molecular weight is 402 g/mol. The molecule has 0 bridgehead atoms. The van der Waals surface area contributed by atoms with E-state index in [1.807, 2.05) is 0 Å². The van der Waals surface area contributed by atoms with Crippen LogP contribution in [0.5, 0.6) is 0 Å². The predicted octanol–water partition coefficient (Wildman–Crippen LogP) is 3.35. The zero-order chi connectivity index (χ0) is 19.9. The number of halogens is 2. The quantitative estimate of drug-likeness (QED) is 0.794. The highest BCUT2D eigenvalue weighted by atomic mass is 35.5. The summed E-state index contributed by atoms with van der Waals surface area (Å²) in [5.74, 6) is -0.424.